The summed E-state index contributed by atoms with van der Waals surface area (Å²) in [6.07, 6.45) is 2.81. The Kier molecular flexibility index (Phi) is 2.76. The zero-order valence-corrected chi connectivity index (χ0v) is 10.4. The first-order valence-electron chi connectivity index (χ1n) is 6.23. The van der Waals surface area contributed by atoms with Gasteiger partial charge < -0.3 is 10.0 Å². The van der Waals surface area contributed by atoms with Gasteiger partial charge in [-0.25, -0.2) is 4.98 Å². The van der Waals surface area contributed by atoms with Gasteiger partial charge in [0.15, 0.2) is 0 Å². The maximum absolute atomic E-state index is 9.45. The lowest BCUT2D eigenvalue weighted by molar-refractivity contribution is 0.281. The average molecular weight is 240 g/mol. The SMILES string of the molecule is CC1Cc2ccccc2N1c1ncccc1CO. The van der Waals surface area contributed by atoms with Crippen molar-refractivity contribution in [1.82, 2.24) is 4.98 Å². The van der Waals surface area contributed by atoms with E-state index in [-0.39, 0.29) is 6.61 Å². The second kappa shape index (κ2) is 4.42. The standard InChI is InChI=1S/C15H16N2O/c1-11-9-12-5-2-3-7-14(12)17(11)15-13(10-18)6-4-8-16-15/h2-8,11,18H,9-10H2,1H3. The van der Waals surface area contributed by atoms with Crippen molar-refractivity contribution in [3.63, 3.8) is 0 Å². The second-order valence-electron chi connectivity index (χ2n) is 4.70. The summed E-state index contributed by atoms with van der Waals surface area (Å²) in [5.74, 6) is 0.873. The highest BCUT2D eigenvalue weighted by Gasteiger charge is 2.28. The summed E-state index contributed by atoms with van der Waals surface area (Å²) in [5, 5.41) is 9.45. The number of aliphatic hydroxyl groups excluding tert-OH is 1. The molecule has 18 heavy (non-hydrogen) atoms. The summed E-state index contributed by atoms with van der Waals surface area (Å²) in [6.45, 7) is 2.21. The maximum Gasteiger partial charge on any atom is 0.138 e. The molecular formula is C15H16N2O. The van der Waals surface area contributed by atoms with Crippen LogP contribution in [0.15, 0.2) is 42.6 Å². The largest absolute Gasteiger partial charge is 0.392 e. The molecule has 2 heterocycles. The number of nitrogens with zero attached hydrogens (tertiary/aromatic N) is 2. The Bertz CT molecular complexity index is 568. The number of aromatic nitrogens is 1. The van der Waals surface area contributed by atoms with Gasteiger partial charge in [-0.3, -0.25) is 0 Å². The van der Waals surface area contributed by atoms with Gasteiger partial charge in [0.1, 0.15) is 5.82 Å². The predicted molar refractivity (Wildman–Crippen MR) is 71.9 cm³/mol. The molecule has 0 aliphatic carbocycles. The lowest BCUT2D eigenvalue weighted by atomic mass is 10.1. The molecule has 1 N–H and O–H groups in total. The molecule has 0 fully saturated rings. The molecule has 3 nitrogen and oxygen atoms in total. The second-order valence-corrected chi connectivity index (χ2v) is 4.70. The minimum absolute atomic E-state index is 0.0224. The van der Waals surface area contributed by atoms with Crippen molar-refractivity contribution in [1.29, 1.82) is 0 Å². The molecule has 1 aliphatic rings. The number of anilines is 2. The lowest BCUT2D eigenvalue weighted by Crippen LogP contribution is -2.25. The van der Waals surface area contributed by atoms with Crippen LogP contribution in [0, 0.1) is 0 Å². The van der Waals surface area contributed by atoms with Gasteiger partial charge in [0, 0.05) is 23.5 Å². The Morgan fingerprint density at radius 1 is 1.28 bits per heavy atom. The van der Waals surface area contributed by atoms with Crippen molar-refractivity contribution < 1.29 is 5.11 Å². The van der Waals surface area contributed by atoms with E-state index in [0.29, 0.717) is 6.04 Å². The molecule has 0 amide bonds. The molecule has 3 heteroatoms. The van der Waals surface area contributed by atoms with Crippen LogP contribution in [-0.4, -0.2) is 16.1 Å². The maximum atomic E-state index is 9.45. The van der Waals surface area contributed by atoms with Crippen LogP contribution in [0.5, 0.6) is 0 Å². The first kappa shape index (κ1) is 11.2. The quantitative estimate of drug-likeness (QED) is 0.876. The average Bonchev–Trinajstić information content (AvgIpc) is 2.74. The van der Waals surface area contributed by atoms with E-state index in [1.807, 2.05) is 18.2 Å². The third-order valence-electron chi connectivity index (χ3n) is 3.47. The fourth-order valence-electron chi connectivity index (χ4n) is 2.66. The molecule has 1 aliphatic heterocycles. The minimum Gasteiger partial charge on any atom is -0.392 e. The predicted octanol–water partition coefficient (Wildman–Crippen LogP) is 2.66. The highest BCUT2D eigenvalue weighted by atomic mass is 16.3. The molecule has 1 unspecified atom stereocenters. The normalized spacial score (nSPS) is 17.9. The monoisotopic (exact) mass is 240 g/mol. The summed E-state index contributed by atoms with van der Waals surface area (Å²) < 4.78 is 0. The van der Waals surface area contributed by atoms with Crippen LogP contribution in [-0.2, 0) is 13.0 Å². The van der Waals surface area contributed by atoms with E-state index in [4.69, 9.17) is 0 Å². The number of pyridine rings is 1. The Labute approximate surface area is 107 Å². The fourth-order valence-corrected chi connectivity index (χ4v) is 2.66. The van der Waals surface area contributed by atoms with Crippen LogP contribution < -0.4 is 4.90 Å². The van der Waals surface area contributed by atoms with Crippen molar-refractivity contribution in [3.8, 4) is 0 Å². The molecule has 1 atom stereocenters. The van der Waals surface area contributed by atoms with Crippen LogP contribution in [0.2, 0.25) is 0 Å². The van der Waals surface area contributed by atoms with E-state index < -0.39 is 0 Å². The van der Waals surface area contributed by atoms with Gasteiger partial charge in [-0.05, 0) is 31.0 Å². The molecular weight excluding hydrogens is 224 g/mol. The van der Waals surface area contributed by atoms with Gasteiger partial charge in [0.25, 0.3) is 0 Å². The van der Waals surface area contributed by atoms with Crippen LogP contribution >= 0.6 is 0 Å². The van der Waals surface area contributed by atoms with Crippen LogP contribution in [0.25, 0.3) is 0 Å². The molecule has 1 aromatic carbocycles. The number of para-hydroxylation sites is 1. The first-order chi connectivity index (χ1) is 8.81. The smallest absolute Gasteiger partial charge is 0.138 e. The van der Waals surface area contributed by atoms with Crippen molar-refractivity contribution in [2.75, 3.05) is 4.90 Å². The summed E-state index contributed by atoms with van der Waals surface area (Å²) in [5.41, 5.74) is 3.43. The van der Waals surface area contributed by atoms with Crippen molar-refractivity contribution >= 4 is 11.5 Å². The van der Waals surface area contributed by atoms with Crippen molar-refractivity contribution in [2.45, 2.75) is 26.0 Å². The molecule has 3 rings (SSSR count). The molecule has 2 aromatic rings. The summed E-state index contributed by atoms with van der Waals surface area (Å²) in [7, 11) is 0. The van der Waals surface area contributed by atoms with Gasteiger partial charge in [-0.2, -0.15) is 0 Å². The minimum atomic E-state index is 0.0224. The topological polar surface area (TPSA) is 36.4 Å². The van der Waals surface area contributed by atoms with Gasteiger partial charge in [-0.1, -0.05) is 24.3 Å². The van der Waals surface area contributed by atoms with E-state index in [0.717, 1.165) is 17.8 Å². The van der Waals surface area contributed by atoms with Gasteiger partial charge in [0.05, 0.1) is 6.61 Å². The van der Waals surface area contributed by atoms with E-state index in [1.54, 1.807) is 6.20 Å². The number of fused-ring (bicyclic) bond motifs is 1. The first-order valence-corrected chi connectivity index (χ1v) is 6.23. The van der Waals surface area contributed by atoms with Gasteiger partial charge in [-0.15, -0.1) is 0 Å². The zero-order valence-electron chi connectivity index (χ0n) is 10.4. The third-order valence-corrected chi connectivity index (χ3v) is 3.47. The molecule has 92 valence electrons. The van der Waals surface area contributed by atoms with Crippen LogP contribution in [0.1, 0.15) is 18.1 Å². The molecule has 0 spiro atoms. The van der Waals surface area contributed by atoms with E-state index >= 15 is 0 Å². The molecule has 1 aromatic heterocycles. The lowest BCUT2D eigenvalue weighted by Gasteiger charge is -2.25. The summed E-state index contributed by atoms with van der Waals surface area (Å²) in [6, 6.07) is 12.6. The fraction of sp³-hybridized carbons (Fsp3) is 0.267. The summed E-state index contributed by atoms with van der Waals surface area (Å²) in [4.78, 5) is 6.67. The number of hydrogen-bond acceptors (Lipinski definition) is 3. The van der Waals surface area contributed by atoms with E-state index in [9.17, 15) is 5.11 Å². The van der Waals surface area contributed by atoms with Crippen molar-refractivity contribution in [2.24, 2.45) is 0 Å². The Morgan fingerprint density at radius 3 is 2.94 bits per heavy atom. The number of aliphatic hydroxyl groups is 1. The molecule has 0 saturated carbocycles. The zero-order chi connectivity index (χ0) is 12.5. The van der Waals surface area contributed by atoms with Crippen molar-refractivity contribution in [3.05, 3.63) is 53.7 Å². The Hall–Kier alpha value is -1.87. The van der Waals surface area contributed by atoms with Gasteiger partial charge >= 0.3 is 0 Å². The number of benzene rings is 1. The van der Waals surface area contributed by atoms with E-state index in [2.05, 4.69) is 35.0 Å². The number of rotatable bonds is 2. The highest BCUT2D eigenvalue weighted by Crippen LogP contribution is 2.38. The Balaban J connectivity index is 2.12. The van der Waals surface area contributed by atoms with Crippen LogP contribution in [0.4, 0.5) is 11.5 Å². The molecule has 0 saturated heterocycles. The summed E-state index contributed by atoms with van der Waals surface area (Å²) >= 11 is 0. The molecule has 0 bridgehead atoms. The molecule has 0 radical (unpaired) electrons. The highest BCUT2D eigenvalue weighted by molar-refractivity contribution is 5.70. The number of hydrogen-bond donors (Lipinski definition) is 1. The van der Waals surface area contributed by atoms with Gasteiger partial charge in [0.2, 0.25) is 0 Å². The third kappa shape index (κ3) is 1.68. The van der Waals surface area contributed by atoms with E-state index in [1.165, 1.54) is 11.3 Å². The Morgan fingerprint density at radius 2 is 2.11 bits per heavy atom. The van der Waals surface area contributed by atoms with Crippen LogP contribution in [0.3, 0.4) is 0 Å².